The average Bonchev–Trinajstić information content (AvgIpc) is 1.82. The van der Waals surface area contributed by atoms with E-state index in [1.165, 1.54) is 38.8 Å². The first-order valence-electron chi connectivity index (χ1n) is 4.79. The van der Waals surface area contributed by atoms with Gasteiger partial charge in [0.2, 0.25) is 0 Å². The van der Waals surface area contributed by atoms with Gasteiger partial charge in [-0.05, 0) is 31.8 Å². The molecule has 11 heavy (non-hydrogen) atoms. The van der Waals surface area contributed by atoms with Crippen LogP contribution in [0.5, 0.6) is 0 Å². The van der Waals surface area contributed by atoms with Gasteiger partial charge in [0.05, 0.1) is 0 Å². The Balaban J connectivity index is 2.42. The minimum Gasteiger partial charge on any atom is -0.306 e. The van der Waals surface area contributed by atoms with Crippen molar-refractivity contribution in [1.29, 1.82) is 0 Å². The second-order valence-electron chi connectivity index (χ2n) is 4.71. The second kappa shape index (κ2) is 3.57. The fraction of sp³-hybridized carbons (Fsp3) is 1.00. The van der Waals surface area contributed by atoms with Gasteiger partial charge < -0.3 is 4.90 Å². The lowest BCUT2D eigenvalue weighted by molar-refractivity contribution is 0.174. The first-order chi connectivity index (χ1) is 5.10. The summed E-state index contributed by atoms with van der Waals surface area (Å²) >= 11 is 0. The number of nitrogens with zero attached hydrogens (tertiary/aromatic N) is 1. The minimum atomic E-state index is 0.551. The molecular formula is C10H21N. The highest BCUT2D eigenvalue weighted by molar-refractivity contribution is 4.74. The quantitative estimate of drug-likeness (QED) is 0.519. The van der Waals surface area contributed by atoms with Crippen LogP contribution in [0.25, 0.3) is 0 Å². The Hall–Kier alpha value is -0.0400. The maximum absolute atomic E-state index is 2.47. The summed E-state index contributed by atoms with van der Waals surface area (Å²) in [5.74, 6) is 0. The van der Waals surface area contributed by atoms with Crippen LogP contribution in [-0.4, -0.2) is 25.0 Å². The standard InChI is InChI=1S/C10H21N/c1-10(2)7-5-4-6-8-11(3)9-10/h4-9H2,1-3H3. The molecule has 1 heteroatoms. The second-order valence-corrected chi connectivity index (χ2v) is 4.71. The highest BCUT2D eigenvalue weighted by Crippen LogP contribution is 2.26. The van der Waals surface area contributed by atoms with Gasteiger partial charge in [-0.15, -0.1) is 0 Å². The number of hydrogen-bond donors (Lipinski definition) is 0. The van der Waals surface area contributed by atoms with E-state index in [9.17, 15) is 0 Å². The highest BCUT2D eigenvalue weighted by Gasteiger charge is 2.20. The zero-order valence-corrected chi connectivity index (χ0v) is 8.19. The summed E-state index contributed by atoms with van der Waals surface area (Å²) in [4.78, 5) is 2.47. The van der Waals surface area contributed by atoms with Crippen LogP contribution in [0.15, 0.2) is 0 Å². The third-order valence-electron chi connectivity index (χ3n) is 2.59. The molecule has 0 saturated carbocycles. The van der Waals surface area contributed by atoms with Crippen molar-refractivity contribution < 1.29 is 0 Å². The van der Waals surface area contributed by atoms with Crippen LogP contribution in [-0.2, 0) is 0 Å². The number of rotatable bonds is 0. The summed E-state index contributed by atoms with van der Waals surface area (Å²) in [5.41, 5.74) is 0.551. The Kier molecular flexibility index (Phi) is 2.94. The van der Waals surface area contributed by atoms with Crippen LogP contribution in [0.1, 0.15) is 39.5 Å². The maximum Gasteiger partial charge on any atom is 0.00296 e. The molecule has 0 unspecified atom stereocenters. The van der Waals surface area contributed by atoms with Gasteiger partial charge >= 0.3 is 0 Å². The van der Waals surface area contributed by atoms with Crippen molar-refractivity contribution in [1.82, 2.24) is 4.90 Å². The fourth-order valence-corrected chi connectivity index (χ4v) is 2.05. The molecule has 0 aromatic heterocycles. The van der Waals surface area contributed by atoms with Crippen LogP contribution in [0.3, 0.4) is 0 Å². The molecule has 1 heterocycles. The van der Waals surface area contributed by atoms with Gasteiger partial charge in [-0.25, -0.2) is 0 Å². The highest BCUT2D eigenvalue weighted by atomic mass is 15.1. The molecule has 0 spiro atoms. The molecule has 0 amide bonds. The Morgan fingerprint density at radius 3 is 2.55 bits per heavy atom. The summed E-state index contributed by atoms with van der Waals surface area (Å²) in [6.07, 6.45) is 5.65. The van der Waals surface area contributed by atoms with Crippen molar-refractivity contribution in [3.8, 4) is 0 Å². The van der Waals surface area contributed by atoms with Gasteiger partial charge in [0.25, 0.3) is 0 Å². The van der Waals surface area contributed by atoms with E-state index in [-0.39, 0.29) is 0 Å². The SMILES string of the molecule is CN1CCCCCC(C)(C)C1. The van der Waals surface area contributed by atoms with Crippen LogP contribution in [0.4, 0.5) is 0 Å². The summed E-state index contributed by atoms with van der Waals surface area (Å²) in [6.45, 7) is 7.33. The summed E-state index contributed by atoms with van der Waals surface area (Å²) < 4.78 is 0. The Bertz CT molecular complexity index is 118. The molecule has 0 aliphatic carbocycles. The van der Waals surface area contributed by atoms with Crippen LogP contribution < -0.4 is 0 Å². The van der Waals surface area contributed by atoms with Crippen molar-refractivity contribution >= 4 is 0 Å². The zero-order valence-electron chi connectivity index (χ0n) is 8.19. The number of likely N-dealkylation sites (tertiary alicyclic amines) is 1. The van der Waals surface area contributed by atoms with Gasteiger partial charge in [-0.3, -0.25) is 0 Å². The molecular weight excluding hydrogens is 134 g/mol. The van der Waals surface area contributed by atoms with Crippen LogP contribution in [0, 0.1) is 5.41 Å². The summed E-state index contributed by atoms with van der Waals surface area (Å²) in [7, 11) is 2.24. The molecule has 1 fully saturated rings. The van der Waals surface area contributed by atoms with E-state index in [0.717, 1.165) is 0 Å². The third-order valence-corrected chi connectivity index (χ3v) is 2.59. The lowest BCUT2D eigenvalue weighted by atomic mass is 9.85. The normalized spacial score (nSPS) is 27.5. The Morgan fingerprint density at radius 1 is 1.09 bits per heavy atom. The zero-order chi connectivity index (χ0) is 8.32. The summed E-state index contributed by atoms with van der Waals surface area (Å²) in [5, 5.41) is 0. The average molecular weight is 155 g/mol. The lowest BCUT2D eigenvalue weighted by Gasteiger charge is -2.32. The van der Waals surface area contributed by atoms with Crippen LogP contribution >= 0.6 is 0 Å². The molecule has 1 rings (SSSR count). The molecule has 0 bridgehead atoms. The molecule has 1 nitrogen and oxygen atoms in total. The van der Waals surface area contributed by atoms with Gasteiger partial charge in [0.1, 0.15) is 0 Å². The molecule has 0 aromatic carbocycles. The first-order valence-corrected chi connectivity index (χ1v) is 4.79. The van der Waals surface area contributed by atoms with Crippen LogP contribution in [0.2, 0.25) is 0 Å². The molecule has 0 atom stereocenters. The van der Waals surface area contributed by atoms with E-state index in [2.05, 4.69) is 25.8 Å². The van der Waals surface area contributed by atoms with Gasteiger partial charge in [0.15, 0.2) is 0 Å². The van der Waals surface area contributed by atoms with Crippen molar-refractivity contribution in [2.24, 2.45) is 5.41 Å². The van der Waals surface area contributed by atoms with Crippen molar-refractivity contribution in [3.63, 3.8) is 0 Å². The van der Waals surface area contributed by atoms with Crippen molar-refractivity contribution in [2.75, 3.05) is 20.1 Å². The topological polar surface area (TPSA) is 3.24 Å². The smallest absolute Gasteiger partial charge is 0.00296 e. The predicted molar refractivity (Wildman–Crippen MR) is 49.7 cm³/mol. The molecule has 1 saturated heterocycles. The Labute approximate surface area is 70.8 Å². The van der Waals surface area contributed by atoms with Gasteiger partial charge in [-0.2, -0.15) is 0 Å². The van der Waals surface area contributed by atoms with Gasteiger partial charge in [0, 0.05) is 6.54 Å². The monoisotopic (exact) mass is 155 g/mol. The van der Waals surface area contributed by atoms with Gasteiger partial charge in [-0.1, -0.05) is 26.7 Å². The molecule has 0 aromatic rings. The van der Waals surface area contributed by atoms with Crippen molar-refractivity contribution in [3.05, 3.63) is 0 Å². The third kappa shape index (κ3) is 3.24. The van der Waals surface area contributed by atoms with E-state index in [1.54, 1.807) is 0 Å². The lowest BCUT2D eigenvalue weighted by Crippen LogP contribution is -2.33. The maximum atomic E-state index is 2.47. The largest absolute Gasteiger partial charge is 0.306 e. The first kappa shape index (κ1) is 9.05. The molecule has 0 N–H and O–H groups in total. The molecule has 1 aliphatic heterocycles. The van der Waals surface area contributed by atoms with E-state index < -0.39 is 0 Å². The van der Waals surface area contributed by atoms with E-state index in [4.69, 9.17) is 0 Å². The van der Waals surface area contributed by atoms with E-state index in [1.807, 2.05) is 0 Å². The van der Waals surface area contributed by atoms with E-state index in [0.29, 0.717) is 5.41 Å². The van der Waals surface area contributed by atoms with Crippen molar-refractivity contribution in [2.45, 2.75) is 39.5 Å². The minimum absolute atomic E-state index is 0.551. The predicted octanol–water partition coefficient (Wildman–Crippen LogP) is 2.52. The summed E-state index contributed by atoms with van der Waals surface area (Å²) in [6, 6.07) is 0. The number of hydrogen-bond acceptors (Lipinski definition) is 1. The molecule has 1 aliphatic rings. The Morgan fingerprint density at radius 2 is 1.82 bits per heavy atom. The molecule has 66 valence electrons. The van der Waals surface area contributed by atoms with E-state index >= 15 is 0 Å². The molecule has 0 radical (unpaired) electrons. The fourth-order valence-electron chi connectivity index (χ4n) is 2.05.